The minimum Gasteiger partial charge on any atom is -0.324 e. The number of hydrogen-bond donors (Lipinski definition) is 2. The molecule has 0 bridgehead atoms. The average molecular weight is 471 g/mol. The molecule has 33 heavy (non-hydrogen) atoms. The van der Waals surface area contributed by atoms with Gasteiger partial charge < -0.3 is 10.6 Å². The Morgan fingerprint density at radius 2 is 1.91 bits per heavy atom. The van der Waals surface area contributed by atoms with E-state index >= 15 is 0 Å². The van der Waals surface area contributed by atoms with Crippen molar-refractivity contribution in [2.75, 3.05) is 26.0 Å². The Morgan fingerprint density at radius 3 is 2.64 bits per heavy atom. The Hall–Kier alpha value is -3.24. The molecule has 2 N–H and O–H groups in total. The lowest BCUT2D eigenvalue weighted by Gasteiger charge is -2.33. The van der Waals surface area contributed by atoms with Gasteiger partial charge in [-0.05, 0) is 55.0 Å². The summed E-state index contributed by atoms with van der Waals surface area (Å²) in [6.07, 6.45) is 2.04. The van der Waals surface area contributed by atoms with Gasteiger partial charge in [-0.15, -0.1) is 0 Å². The van der Waals surface area contributed by atoms with E-state index in [0.717, 1.165) is 33.2 Å². The summed E-state index contributed by atoms with van der Waals surface area (Å²) in [4.78, 5) is 39.8. The fraction of sp³-hybridized carbons (Fsp3) is 0.348. The van der Waals surface area contributed by atoms with Crippen molar-refractivity contribution in [2.45, 2.75) is 36.6 Å². The molecule has 2 aromatic carbocycles. The third-order valence-electron chi connectivity index (χ3n) is 6.21. The van der Waals surface area contributed by atoms with Crippen molar-refractivity contribution >= 4 is 33.6 Å². The summed E-state index contributed by atoms with van der Waals surface area (Å²) in [6, 6.07) is 11.3. The average Bonchev–Trinajstić information content (AvgIpc) is 3.00. The number of amides is 4. The number of imide groups is 1. The quantitative estimate of drug-likeness (QED) is 0.648. The van der Waals surface area contributed by atoms with Gasteiger partial charge in [-0.2, -0.15) is 0 Å². The Morgan fingerprint density at radius 1 is 1.18 bits per heavy atom. The fourth-order valence-electron chi connectivity index (χ4n) is 4.40. The first kappa shape index (κ1) is 22.9. The fourth-order valence-corrected chi connectivity index (χ4v) is 5.32. The molecule has 4 amide bonds. The number of benzene rings is 2. The highest BCUT2D eigenvalue weighted by atomic mass is 32.2. The Labute approximate surface area is 192 Å². The molecule has 1 aliphatic carbocycles. The van der Waals surface area contributed by atoms with E-state index in [0.29, 0.717) is 17.7 Å². The van der Waals surface area contributed by atoms with Crippen molar-refractivity contribution < 1.29 is 22.8 Å². The van der Waals surface area contributed by atoms with E-state index in [2.05, 4.69) is 10.6 Å². The minimum absolute atomic E-state index is 0.0288. The first-order chi connectivity index (χ1) is 15.6. The molecule has 0 aromatic heterocycles. The number of anilines is 1. The molecule has 0 radical (unpaired) electrons. The second-order valence-corrected chi connectivity index (χ2v) is 10.7. The second-order valence-electron chi connectivity index (χ2n) is 8.55. The van der Waals surface area contributed by atoms with E-state index in [1.807, 2.05) is 24.3 Å². The number of hydrogen-bond acceptors (Lipinski definition) is 5. The maximum Gasteiger partial charge on any atom is 0.325 e. The molecule has 1 atom stereocenters. The highest BCUT2D eigenvalue weighted by molar-refractivity contribution is 7.89. The molecule has 0 saturated carbocycles. The molecule has 1 heterocycles. The van der Waals surface area contributed by atoms with Crippen molar-refractivity contribution in [3.05, 3.63) is 59.2 Å². The predicted octanol–water partition coefficient (Wildman–Crippen LogP) is 1.97. The van der Waals surface area contributed by atoms with E-state index in [9.17, 15) is 22.8 Å². The summed E-state index contributed by atoms with van der Waals surface area (Å²) in [5, 5.41) is 5.46. The van der Waals surface area contributed by atoms with E-state index < -0.39 is 40.0 Å². The van der Waals surface area contributed by atoms with Crippen LogP contribution in [0.5, 0.6) is 0 Å². The first-order valence-electron chi connectivity index (χ1n) is 10.6. The molecule has 0 unspecified atom stereocenters. The van der Waals surface area contributed by atoms with Crippen molar-refractivity contribution in [3.8, 4) is 0 Å². The number of nitrogens with zero attached hydrogens (tertiary/aromatic N) is 2. The largest absolute Gasteiger partial charge is 0.325 e. The molecule has 1 fully saturated rings. The summed E-state index contributed by atoms with van der Waals surface area (Å²) in [5.41, 5.74) is 1.58. The van der Waals surface area contributed by atoms with Crippen LogP contribution in [-0.4, -0.2) is 56.1 Å². The van der Waals surface area contributed by atoms with E-state index in [4.69, 9.17) is 0 Å². The van der Waals surface area contributed by atoms with Crippen LogP contribution in [-0.2, 0) is 31.6 Å². The van der Waals surface area contributed by atoms with Crippen molar-refractivity contribution in [3.63, 3.8) is 0 Å². The zero-order valence-electron chi connectivity index (χ0n) is 18.7. The zero-order chi connectivity index (χ0) is 24.0. The SMILES string of the molecule is Cc1ccc(S(=O)(=O)N(C)C)cc1NC(=O)CN1C(=O)N[C@]2(CCCc3ccccc32)C1=O. The number of nitrogens with one attached hydrogen (secondary N) is 2. The van der Waals surface area contributed by atoms with Crippen molar-refractivity contribution in [1.82, 2.24) is 14.5 Å². The maximum absolute atomic E-state index is 13.3. The molecule has 10 heteroatoms. The van der Waals surface area contributed by atoms with Gasteiger partial charge in [-0.25, -0.2) is 17.5 Å². The number of rotatable bonds is 5. The highest BCUT2D eigenvalue weighted by Gasteiger charge is 2.54. The third kappa shape index (κ3) is 3.89. The number of sulfonamides is 1. The lowest BCUT2D eigenvalue weighted by atomic mass is 9.76. The normalized spacial score (nSPS) is 20.2. The van der Waals surface area contributed by atoms with Crippen LogP contribution in [0.15, 0.2) is 47.4 Å². The molecule has 1 saturated heterocycles. The predicted molar refractivity (Wildman–Crippen MR) is 122 cm³/mol. The van der Waals surface area contributed by atoms with Crippen molar-refractivity contribution in [2.24, 2.45) is 0 Å². The van der Waals surface area contributed by atoms with Crippen LogP contribution in [0.1, 0.15) is 29.5 Å². The standard InChI is InChI=1S/C23H26N4O5S/c1-15-10-11-17(33(31,32)26(2)3)13-19(15)24-20(28)14-27-21(29)23(25-22(27)30)12-6-8-16-7-4-5-9-18(16)23/h4-5,7,9-11,13H,6,8,12,14H2,1-3H3,(H,24,28)(H,25,30)/t23-/m0/s1. The van der Waals surface area contributed by atoms with Gasteiger partial charge in [0.25, 0.3) is 5.91 Å². The Balaban J connectivity index is 1.55. The van der Waals surface area contributed by atoms with Crippen LogP contribution in [0, 0.1) is 6.92 Å². The molecular formula is C23H26N4O5S. The zero-order valence-corrected chi connectivity index (χ0v) is 19.5. The number of urea groups is 1. The van der Waals surface area contributed by atoms with Crippen LogP contribution < -0.4 is 10.6 Å². The summed E-state index contributed by atoms with van der Waals surface area (Å²) in [6.45, 7) is 1.25. The van der Waals surface area contributed by atoms with Crippen LogP contribution in [0.25, 0.3) is 0 Å². The number of fused-ring (bicyclic) bond motifs is 2. The molecule has 9 nitrogen and oxygen atoms in total. The lowest BCUT2D eigenvalue weighted by Crippen LogP contribution is -2.47. The van der Waals surface area contributed by atoms with Crippen molar-refractivity contribution in [1.29, 1.82) is 0 Å². The molecule has 4 rings (SSSR count). The van der Waals surface area contributed by atoms with Gasteiger partial charge in [0, 0.05) is 19.8 Å². The van der Waals surface area contributed by atoms with Gasteiger partial charge in [-0.3, -0.25) is 14.5 Å². The Bertz CT molecular complexity index is 1260. The van der Waals surface area contributed by atoms with Gasteiger partial charge in [-0.1, -0.05) is 30.3 Å². The summed E-state index contributed by atoms with van der Waals surface area (Å²) >= 11 is 0. The molecular weight excluding hydrogens is 444 g/mol. The molecule has 1 aliphatic heterocycles. The smallest absolute Gasteiger partial charge is 0.324 e. The topological polar surface area (TPSA) is 116 Å². The van der Waals surface area contributed by atoms with Crippen LogP contribution >= 0.6 is 0 Å². The molecule has 174 valence electrons. The van der Waals surface area contributed by atoms with Crippen LogP contribution in [0.2, 0.25) is 0 Å². The lowest BCUT2D eigenvalue weighted by molar-refractivity contribution is -0.134. The highest BCUT2D eigenvalue weighted by Crippen LogP contribution is 2.39. The van der Waals surface area contributed by atoms with E-state index in [1.165, 1.54) is 26.2 Å². The van der Waals surface area contributed by atoms with E-state index in [-0.39, 0.29) is 4.90 Å². The second kappa shape index (κ2) is 8.27. The minimum atomic E-state index is -3.69. The summed E-state index contributed by atoms with van der Waals surface area (Å²) < 4.78 is 25.9. The third-order valence-corrected chi connectivity index (χ3v) is 8.03. The molecule has 1 spiro atoms. The van der Waals surface area contributed by atoms with Crippen LogP contribution in [0.4, 0.5) is 10.5 Å². The first-order valence-corrected chi connectivity index (χ1v) is 12.1. The number of aryl methyl sites for hydroxylation is 2. The Kier molecular flexibility index (Phi) is 5.75. The summed E-state index contributed by atoms with van der Waals surface area (Å²) in [7, 11) is -0.844. The van der Waals surface area contributed by atoms with Crippen LogP contribution in [0.3, 0.4) is 0 Å². The monoisotopic (exact) mass is 470 g/mol. The van der Waals surface area contributed by atoms with Gasteiger partial charge in [0.05, 0.1) is 4.90 Å². The van der Waals surface area contributed by atoms with Gasteiger partial charge >= 0.3 is 6.03 Å². The molecule has 2 aromatic rings. The van der Waals surface area contributed by atoms with E-state index in [1.54, 1.807) is 13.0 Å². The van der Waals surface area contributed by atoms with Gasteiger partial charge in [0.1, 0.15) is 12.1 Å². The van der Waals surface area contributed by atoms with Gasteiger partial charge in [0.15, 0.2) is 0 Å². The summed E-state index contributed by atoms with van der Waals surface area (Å²) in [5.74, 6) is -1.04. The molecule has 2 aliphatic rings. The maximum atomic E-state index is 13.3. The number of carbonyl (C=O) groups excluding carboxylic acids is 3. The van der Waals surface area contributed by atoms with Gasteiger partial charge in [0.2, 0.25) is 15.9 Å². The number of carbonyl (C=O) groups is 3.